The van der Waals surface area contributed by atoms with Gasteiger partial charge in [0.25, 0.3) is 5.91 Å². The van der Waals surface area contributed by atoms with E-state index in [1.807, 2.05) is 18.2 Å². The Morgan fingerprint density at radius 3 is 2.76 bits per heavy atom. The smallest absolute Gasteiger partial charge is 0.251 e. The van der Waals surface area contributed by atoms with Gasteiger partial charge >= 0.3 is 0 Å². The molecule has 2 aromatic rings. The van der Waals surface area contributed by atoms with Crippen LogP contribution in [0, 0.1) is 0 Å². The van der Waals surface area contributed by atoms with Gasteiger partial charge in [0.2, 0.25) is 0 Å². The Labute approximate surface area is 125 Å². The third-order valence-corrected chi connectivity index (χ3v) is 3.52. The van der Waals surface area contributed by atoms with Crippen molar-refractivity contribution >= 4 is 5.91 Å². The Morgan fingerprint density at radius 2 is 2.05 bits per heavy atom. The number of benzene rings is 1. The van der Waals surface area contributed by atoms with Crippen molar-refractivity contribution in [1.29, 1.82) is 0 Å². The number of rotatable bonds is 6. The fourth-order valence-electron chi connectivity index (χ4n) is 2.18. The molecule has 0 saturated carbocycles. The summed E-state index contributed by atoms with van der Waals surface area (Å²) in [6.07, 6.45) is 2.52. The van der Waals surface area contributed by atoms with Crippen molar-refractivity contribution in [3.63, 3.8) is 0 Å². The molecule has 1 heterocycles. The molecule has 0 aliphatic rings. The minimum atomic E-state index is -0.0765. The predicted molar refractivity (Wildman–Crippen MR) is 83.9 cm³/mol. The van der Waals surface area contributed by atoms with Crippen molar-refractivity contribution in [2.45, 2.75) is 25.8 Å². The van der Waals surface area contributed by atoms with Crippen LogP contribution in [0.3, 0.4) is 0 Å². The molecule has 21 heavy (non-hydrogen) atoms. The van der Waals surface area contributed by atoms with E-state index in [0.717, 1.165) is 12.1 Å². The van der Waals surface area contributed by atoms with Crippen molar-refractivity contribution in [1.82, 2.24) is 10.3 Å². The molecule has 0 saturated heterocycles. The third-order valence-electron chi connectivity index (χ3n) is 3.52. The highest BCUT2D eigenvalue weighted by Gasteiger charge is 2.08. The van der Waals surface area contributed by atoms with Crippen molar-refractivity contribution < 1.29 is 4.79 Å². The third kappa shape index (κ3) is 4.39. The molecule has 0 aliphatic carbocycles. The predicted octanol–water partition coefficient (Wildman–Crippen LogP) is 2.46. The van der Waals surface area contributed by atoms with Crippen molar-refractivity contribution in [3.8, 4) is 0 Å². The number of carbonyl (C=O) groups is 1. The lowest BCUT2D eigenvalue weighted by Crippen LogP contribution is -2.25. The molecule has 2 rings (SSSR count). The number of pyridine rings is 1. The first-order valence-corrected chi connectivity index (χ1v) is 7.19. The number of amides is 1. The van der Waals surface area contributed by atoms with Crippen LogP contribution in [0.1, 0.15) is 40.9 Å². The molecular formula is C17H21N3O. The van der Waals surface area contributed by atoms with Gasteiger partial charge in [-0.15, -0.1) is 0 Å². The summed E-state index contributed by atoms with van der Waals surface area (Å²) in [5, 5.41) is 2.94. The van der Waals surface area contributed by atoms with Gasteiger partial charge in [0.1, 0.15) is 0 Å². The van der Waals surface area contributed by atoms with E-state index in [4.69, 9.17) is 5.73 Å². The largest absolute Gasteiger partial charge is 0.352 e. The molecule has 1 aromatic heterocycles. The number of nitrogens with zero attached hydrogens (tertiary/aromatic N) is 1. The Hall–Kier alpha value is -2.20. The molecule has 110 valence electrons. The zero-order valence-corrected chi connectivity index (χ0v) is 12.3. The van der Waals surface area contributed by atoms with Crippen LogP contribution in [0.15, 0.2) is 48.7 Å². The monoisotopic (exact) mass is 283 g/mol. The van der Waals surface area contributed by atoms with Crippen LogP contribution in [0.4, 0.5) is 0 Å². The lowest BCUT2D eigenvalue weighted by molar-refractivity contribution is 0.0952. The summed E-state index contributed by atoms with van der Waals surface area (Å²) in [6, 6.07) is 13.7. The van der Waals surface area contributed by atoms with Gasteiger partial charge in [-0.2, -0.15) is 0 Å². The summed E-state index contributed by atoms with van der Waals surface area (Å²) in [4.78, 5) is 16.1. The number of carbonyl (C=O) groups excluding carboxylic acids is 1. The van der Waals surface area contributed by atoms with Crippen LogP contribution in [0.5, 0.6) is 0 Å². The molecule has 0 fully saturated rings. The minimum absolute atomic E-state index is 0.0765. The summed E-state index contributed by atoms with van der Waals surface area (Å²) in [5.74, 6) is 0.343. The number of hydrogen-bond donors (Lipinski definition) is 2. The molecular weight excluding hydrogens is 262 g/mol. The highest BCUT2D eigenvalue weighted by atomic mass is 16.1. The zero-order chi connectivity index (χ0) is 15.1. The van der Waals surface area contributed by atoms with Gasteiger partial charge in [-0.25, -0.2) is 0 Å². The minimum Gasteiger partial charge on any atom is -0.352 e. The fraction of sp³-hybridized carbons (Fsp3) is 0.294. The molecule has 0 radical (unpaired) electrons. The number of aromatic nitrogens is 1. The van der Waals surface area contributed by atoms with Gasteiger partial charge in [-0.1, -0.05) is 37.3 Å². The van der Waals surface area contributed by atoms with E-state index in [1.165, 1.54) is 5.56 Å². The van der Waals surface area contributed by atoms with Crippen molar-refractivity contribution in [2.24, 2.45) is 5.73 Å². The topological polar surface area (TPSA) is 68.0 Å². The van der Waals surface area contributed by atoms with Gasteiger partial charge in [0.15, 0.2) is 0 Å². The van der Waals surface area contributed by atoms with Gasteiger partial charge in [-0.3, -0.25) is 9.78 Å². The normalized spacial score (nSPS) is 11.9. The summed E-state index contributed by atoms with van der Waals surface area (Å²) in [5.41, 5.74) is 8.15. The molecule has 1 aromatic carbocycles. The molecule has 3 N–H and O–H groups in total. The van der Waals surface area contributed by atoms with Crippen LogP contribution in [0.25, 0.3) is 0 Å². The Morgan fingerprint density at radius 1 is 1.29 bits per heavy atom. The Balaban J connectivity index is 1.84. The SMILES string of the molecule is CC(CCNC(=O)c1ccnc(CN)c1)c1ccccc1. The summed E-state index contributed by atoms with van der Waals surface area (Å²) in [6.45, 7) is 3.15. The van der Waals surface area contributed by atoms with Gasteiger partial charge < -0.3 is 11.1 Å². The molecule has 1 unspecified atom stereocenters. The van der Waals surface area contributed by atoms with Crippen LogP contribution >= 0.6 is 0 Å². The first-order chi connectivity index (χ1) is 10.2. The number of hydrogen-bond acceptors (Lipinski definition) is 3. The average molecular weight is 283 g/mol. The molecule has 4 heteroatoms. The quantitative estimate of drug-likeness (QED) is 0.855. The van der Waals surface area contributed by atoms with Crippen LogP contribution in [-0.2, 0) is 6.54 Å². The second kappa shape index (κ2) is 7.55. The Kier molecular flexibility index (Phi) is 5.46. The van der Waals surface area contributed by atoms with Gasteiger partial charge in [0.05, 0.1) is 5.69 Å². The maximum absolute atomic E-state index is 12.1. The number of nitrogens with one attached hydrogen (secondary N) is 1. The van der Waals surface area contributed by atoms with E-state index in [-0.39, 0.29) is 5.91 Å². The molecule has 1 amide bonds. The lowest BCUT2D eigenvalue weighted by Gasteiger charge is -2.12. The molecule has 0 bridgehead atoms. The van der Waals surface area contributed by atoms with E-state index in [0.29, 0.717) is 24.6 Å². The van der Waals surface area contributed by atoms with Gasteiger partial charge in [-0.05, 0) is 30.0 Å². The lowest BCUT2D eigenvalue weighted by atomic mass is 9.98. The summed E-state index contributed by atoms with van der Waals surface area (Å²) in [7, 11) is 0. The summed E-state index contributed by atoms with van der Waals surface area (Å²) < 4.78 is 0. The van der Waals surface area contributed by atoms with Crippen molar-refractivity contribution in [2.75, 3.05) is 6.54 Å². The second-order valence-electron chi connectivity index (χ2n) is 5.10. The van der Waals surface area contributed by atoms with Crippen LogP contribution in [-0.4, -0.2) is 17.4 Å². The fourth-order valence-corrected chi connectivity index (χ4v) is 2.18. The van der Waals surface area contributed by atoms with Crippen LogP contribution in [0.2, 0.25) is 0 Å². The number of nitrogens with two attached hydrogens (primary N) is 1. The highest BCUT2D eigenvalue weighted by Crippen LogP contribution is 2.17. The standard InChI is InChI=1S/C17H21N3O/c1-13(14-5-3-2-4-6-14)7-9-20-17(21)15-8-10-19-16(11-15)12-18/h2-6,8,10-11,13H,7,9,12,18H2,1H3,(H,20,21). The molecule has 4 nitrogen and oxygen atoms in total. The first-order valence-electron chi connectivity index (χ1n) is 7.19. The first kappa shape index (κ1) is 15.2. The molecule has 0 aliphatic heterocycles. The van der Waals surface area contributed by atoms with Crippen molar-refractivity contribution in [3.05, 3.63) is 65.5 Å². The Bertz CT molecular complexity index is 584. The van der Waals surface area contributed by atoms with E-state index in [1.54, 1.807) is 18.3 Å². The maximum Gasteiger partial charge on any atom is 0.251 e. The molecule has 1 atom stereocenters. The van der Waals surface area contributed by atoms with E-state index in [2.05, 4.69) is 29.4 Å². The molecule has 0 spiro atoms. The summed E-state index contributed by atoms with van der Waals surface area (Å²) >= 11 is 0. The zero-order valence-electron chi connectivity index (χ0n) is 12.3. The van der Waals surface area contributed by atoms with Gasteiger partial charge in [0, 0.05) is 24.8 Å². The van der Waals surface area contributed by atoms with E-state index >= 15 is 0 Å². The van der Waals surface area contributed by atoms with E-state index < -0.39 is 0 Å². The second-order valence-corrected chi connectivity index (χ2v) is 5.10. The van der Waals surface area contributed by atoms with E-state index in [9.17, 15) is 4.79 Å². The maximum atomic E-state index is 12.1. The van der Waals surface area contributed by atoms with Crippen LogP contribution < -0.4 is 11.1 Å². The highest BCUT2D eigenvalue weighted by molar-refractivity contribution is 5.94. The average Bonchev–Trinajstić information content (AvgIpc) is 2.55.